The maximum absolute atomic E-state index is 13.9. The minimum atomic E-state index is -0.209. The second-order valence-electron chi connectivity index (χ2n) is 10.0. The lowest BCUT2D eigenvalue weighted by atomic mass is 9.78. The Morgan fingerprint density at radius 1 is 1.06 bits per heavy atom. The fourth-order valence-corrected chi connectivity index (χ4v) is 6.23. The van der Waals surface area contributed by atoms with Crippen LogP contribution < -0.4 is 9.64 Å². The van der Waals surface area contributed by atoms with Crippen LogP contribution in [-0.4, -0.2) is 42.5 Å². The Labute approximate surface area is 189 Å². The lowest BCUT2D eigenvalue weighted by Gasteiger charge is -2.42. The van der Waals surface area contributed by atoms with Crippen molar-refractivity contribution in [1.82, 2.24) is 4.90 Å². The largest absolute Gasteiger partial charge is 0.496 e. The molecule has 5 heteroatoms. The van der Waals surface area contributed by atoms with Crippen LogP contribution in [-0.2, 0) is 11.2 Å². The van der Waals surface area contributed by atoms with Gasteiger partial charge in [0.1, 0.15) is 11.5 Å². The smallest absolute Gasteiger partial charge is 0.325 e. The van der Waals surface area contributed by atoms with E-state index < -0.39 is 0 Å². The third kappa shape index (κ3) is 2.90. The molecule has 2 saturated carbocycles. The van der Waals surface area contributed by atoms with Crippen LogP contribution in [0.5, 0.6) is 5.75 Å². The van der Waals surface area contributed by atoms with E-state index in [1.807, 2.05) is 11.0 Å². The van der Waals surface area contributed by atoms with Gasteiger partial charge in [0.25, 0.3) is 0 Å². The van der Waals surface area contributed by atoms with Crippen LogP contribution in [0, 0.1) is 5.92 Å². The van der Waals surface area contributed by atoms with Crippen molar-refractivity contribution < 1.29 is 14.3 Å². The van der Waals surface area contributed by atoms with Gasteiger partial charge in [-0.15, -0.1) is 0 Å². The van der Waals surface area contributed by atoms with Gasteiger partial charge >= 0.3 is 6.03 Å². The molecule has 0 N–H and O–H groups in total. The number of hydrogen-bond donors (Lipinski definition) is 0. The molecule has 3 fully saturated rings. The highest BCUT2D eigenvalue weighted by molar-refractivity contribution is 5.99. The topological polar surface area (TPSA) is 49.9 Å². The SMILES string of the molecule is COc1ccc(N2CC3(CCC(=O)CC3)N(CC3CCC3)C2=O)c2c1-c1ccccc1C2. The van der Waals surface area contributed by atoms with Gasteiger partial charge in [-0.2, -0.15) is 0 Å². The second-order valence-corrected chi connectivity index (χ2v) is 10.0. The Morgan fingerprint density at radius 2 is 1.84 bits per heavy atom. The lowest BCUT2D eigenvalue weighted by molar-refractivity contribution is -0.122. The Kier molecular flexibility index (Phi) is 4.56. The zero-order valence-corrected chi connectivity index (χ0v) is 18.7. The van der Waals surface area contributed by atoms with Crippen LogP contribution in [0.15, 0.2) is 36.4 Å². The summed E-state index contributed by atoms with van der Waals surface area (Å²) in [6.07, 6.45) is 7.28. The molecule has 2 amide bonds. The molecule has 1 spiro atoms. The lowest BCUT2D eigenvalue weighted by Crippen LogP contribution is -2.51. The van der Waals surface area contributed by atoms with Crippen LogP contribution in [0.4, 0.5) is 10.5 Å². The molecular weight excluding hydrogens is 400 g/mol. The summed E-state index contributed by atoms with van der Waals surface area (Å²) in [6.45, 7) is 1.52. The average molecular weight is 431 g/mol. The number of methoxy groups -OCH3 is 1. The Hall–Kier alpha value is -2.82. The number of ketones is 1. The highest BCUT2D eigenvalue weighted by Gasteiger charge is 2.52. The minimum absolute atomic E-state index is 0.120. The van der Waals surface area contributed by atoms with E-state index in [2.05, 4.69) is 35.2 Å². The summed E-state index contributed by atoms with van der Waals surface area (Å²) < 4.78 is 5.72. The van der Waals surface area contributed by atoms with E-state index in [1.54, 1.807) is 7.11 Å². The first-order chi connectivity index (χ1) is 15.6. The predicted octanol–water partition coefficient (Wildman–Crippen LogP) is 5.19. The fraction of sp³-hybridized carbons (Fsp3) is 0.481. The van der Waals surface area contributed by atoms with Gasteiger partial charge in [0.2, 0.25) is 0 Å². The van der Waals surface area contributed by atoms with Crippen LogP contribution in [0.3, 0.4) is 0 Å². The van der Waals surface area contributed by atoms with Gasteiger partial charge in [0.05, 0.1) is 19.2 Å². The third-order valence-electron chi connectivity index (χ3n) is 8.31. The van der Waals surface area contributed by atoms with Crippen molar-refractivity contribution in [2.75, 3.05) is 25.1 Å². The van der Waals surface area contributed by atoms with Crippen molar-refractivity contribution in [1.29, 1.82) is 0 Å². The van der Waals surface area contributed by atoms with E-state index in [0.29, 0.717) is 31.1 Å². The number of carbonyl (C=O) groups is 2. The molecule has 166 valence electrons. The zero-order chi connectivity index (χ0) is 21.9. The summed E-state index contributed by atoms with van der Waals surface area (Å²) in [7, 11) is 1.71. The van der Waals surface area contributed by atoms with E-state index >= 15 is 0 Å². The van der Waals surface area contributed by atoms with Gasteiger partial charge in [0.15, 0.2) is 0 Å². The number of anilines is 1. The van der Waals surface area contributed by atoms with Gasteiger partial charge in [-0.3, -0.25) is 9.69 Å². The maximum Gasteiger partial charge on any atom is 0.325 e. The molecular formula is C27H30N2O3. The number of fused-ring (bicyclic) bond motifs is 3. The summed E-state index contributed by atoms with van der Waals surface area (Å²) in [5, 5.41) is 0. The number of rotatable bonds is 4. The molecule has 0 aromatic heterocycles. The van der Waals surface area contributed by atoms with E-state index in [1.165, 1.54) is 36.0 Å². The van der Waals surface area contributed by atoms with Crippen molar-refractivity contribution >= 4 is 17.5 Å². The minimum Gasteiger partial charge on any atom is -0.496 e. The van der Waals surface area contributed by atoms with E-state index in [-0.39, 0.29) is 11.6 Å². The first-order valence-electron chi connectivity index (χ1n) is 12.0. The molecule has 2 aromatic carbocycles. The number of amides is 2. The fourth-order valence-electron chi connectivity index (χ4n) is 6.23. The molecule has 1 heterocycles. The van der Waals surface area contributed by atoms with Crippen molar-refractivity contribution in [3.8, 4) is 16.9 Å². The highest BCUT2D eigenvalue weighted by atomic mass is 16.5. The molecule has 0 bridgehead atoms. The number of nitrogens with zero attached hydrogens (tertiary/aromatic N) is 2. The standard InChI is InChI=1S/C27H30N2O3/c1-32-24-10-9-23(22-15-19-7-2-3-8-21(19)25(22)24)28-17-27(13-11-20(30)12-14-27)29(26(28)31)16-18-5-4-6-18/h2-3,7-10,18H,4-6,11-17H2,1H3. The number of benzene rings is 2. The van der Waals surface area contributed by atoms with E-state index in [9.17, 15) is 9.59 Å². The van der Waals surface area contributed by atoms with Crippen molar-refractivity contribution in [2.24, 2.45) is 5.92 Å². The third-order valence-corrected chi connectivity index (χ3v) is 8.31. The van der Waals surface area contributed by atoms with Crippen LogP contribution in [0.1, 0.15) is 56.1 Å². The summed E-state index contributed by atoms with van der Waals surface area (Å²) in [5.41, 5.74) is 5.60. The van der Waals surface area contributed by atoms with Gasteiger partial charge < -0.3 is 9.64 Å². The van der Waals surface area contributed by atoms with Crippen LogP contribution in [0.2, 0.25) is 0 Å². The average Bonchev–Trinajstić information content (AvgIpc) is 3.29. The molecule has 0 atom stereocenters. The van der Waals surface area contributed by atoms with Gasteiger partial charge in [-0.1, -0.05) is 30.7 Å². The normalized spacial score (nSPS) is 21.7. The van der Waals surface area contributed by atoms with Crippen molar-refractivity contribution in [3.63, 3.8) is 0 Å². The number of Topliss-reactive ketones (excluding diaryl/α,β-unsaturated/α-hetero) is 1. The summed E-state index contributed by atoms with van der Waals surface area (Å²) in [5.74, 6) is 1.81. The highest BCUT2D eigenvalue weighted by Crippen LogP contribution is 2.49. The summed E-state index contributed by atoms with van der Waals surface area (Å²) >= 11 is 0. The molecule has 32 heavy (non-hydrogen) atoms. The number of urea groups is 1. The molecule has 5 nitrogen and oxygen atoms in total. The van der Waals surface area contributed by atoms with Gasteiger partial charge in [-0.25, -0.2) is 4.79 Å². The molecule has 3 aliphatic carbocycles. The Morgan fingerprint density at radius 3 is 2.56 bits per heavy atom. The molecule has 0 radical (unpaired) electrons. The molecule has 1 aliphatic heterocycles. The molecule has 6 rings (SSSR count). The number of hydrogen-bond acceptors (Lipinski definition) is 3. The maximum atomic E-state index is 13.9. The van der Waals surface area contributed by atoms with Crippen LogP contribution in [0.25, 0.3) is 11.1 Å². The first-order valence-corrected chi connectivity index (χ1v) is 12.0. The Balaban J connectivity index is 1.41. The van der Waals surface area contributed by atoms with Crippen molar-refractivity contribution in [2.45, 2.75) is 56.9 Å². The van der Waals surface area contributed by atoms with E-state index in [0.717, 1.165) is 42.8 Å². The second kappa shape index (κ2) is 7.36. The number of ether oxygens (including phenoxy) is 1. The monoisotopic (exact) mass is 430 g/mol. The first kappa shape index (κ1) is 19.8. The molecule has 2 aromatic rings. The Bertz CT molecular complexity index is 1090. The van der Waals surface area contributed by atoms with Crippen molar-refractivity contribution in [3.05, 3.63) is 47.5 Å². The van der Waals surface area contributed by atoms with E-state index in [4.69, 9.17) is 4.74 Å². The molecule has 1 saturated heterocycles. The summed E-state index contributed by atoms with van der Waals surface area (Å²) in [6, 6.07) is 12.7. The molecule has 0 unspecified atom stereocenters. The molecule has 4 aliphatic rings. The quantitative estimate of drug-likeness (QED) is 0.572. The van der Waals surface area contributed by atoms with Crippen LogP contribution >= 0.6 is 0 Å². The number of carbonyl (C=O) groups excluding carboxylic acids is 2. The summed E-state index contributed by atoms with van der Waals surface area (Å²) in [4.78, 5) is 30.1. The zero-order valence-electron chi connectivity index (χ0n) is 18.7. The van der Waals surface area contributed by atoms with Gasteiger partial charge in [-0.05, 0) is 60.4 Å². The predicted molar refractivity (Wildman–Crippen MR) is 124 cm³/mol. The van der Waals surface area contributed by atoms with Gasteiger partial charge in [0, 0.05) is 37.1 Å².